The second-order valence-corrected chi connectivity index (χ2v) is 8.97. The Bertz CT molecular complexity index is 891. The Balaban J connectivity index is 1.83. The molecule has 11 heteroatoms. The summed E-state index contributed by atoms with van der Waals surface area (Å²) >= 11 is 4.36. The molecular formula is C14H14BrFN4O3S2. The fraction of sp³-hybridized carbons (Fsp3) is 0.286. The molecule has 2 unspecified atom stereocenters. The lowest BCUT2D eigenvalue weighted by Gasteiger charge is -2.35. The van der Waals surface area contributed by atoms with Crippen molar-refractivity contribution in [2.75, 3.05) is 12.4 Å². The number of thiazole rings is 1. The molecule has 0 spiro atoms. The van der Waals surface area contributed by atoms with Gasteiger partial charge >= 0.3 is 0 Å². The van der Waals surface area contributed by atoms with Gasteiger partial charge in [-0.3, -0.25) is 4.79 Å². The molecule has 1 aromatic carbocycles. The first kappa shape index (κ1) is 18.4. The van der Waals surface area contributed by atoms with Gasteiger partial charge in [-0.25, -0.2) is 9.37 Å². The molecule has 0 saturated carbocycles. The highest BCUT2D eigenvalue weighted by Gasteiger charge is 2.41. The van der Waals surface area contributed by atoms with Crippen LogP contribution in [0.3, 0.4) is 0 Å². The molecular weight excluding hydrogens is 435 g/mol. The maximum Gasteiger partial charge on any atom is 0.280 e. The number of likely N-dealkylation sites (N-methyl/N-ethyl adjacent to an activating group) is 1. The number of carbonyl (C=O) groups is 1. The summed E-state index contributed by atoms with van der Waals surface area (Å²) in [6.45, 7) is 0. The zero-order chi connectivity index (χ0) is 18.2. The van der Waals surface area contributed by atoms with Crippen LogP contribution in [0.5, 0.6) is 0 Å². The smallest absolute Gasteiger partial charge is 0.280 e. The van der Waals surface area contributed by atoms with Gasteiger partial charge in [-0.15, -0.1) is 11.3 Å². The predicted molar refractivity (Wildman–Crippen MR) is 95.8 cm³/mol. The van der Waals surface area contributed by atoms with Gasteiger partial charge in [-0.1, -0.05) is 0 Å². The van der Waals surface area contributed by atoms with Gasteiger partial charge in [0.2, 0.25) is 5.91 Å². The van der Waals surface area contributed by atoms with E-state index in [9.17, 15) is 17.6 Å². The Labute approximate surface area is 156 Å². The van der Waals surface area contributed by atoms with Gasteiger partial charge in [0.25, 0.3) is 10.2 Å². The molecule has 1 aliphatic rings. The van der Waals surface area contributed by atoms with Crippen LogP contribution in [0.1, 0.15) is 17.5 Å². The summed E-state index contributed by atoms with van der Waals surface area (Å²) in [6.07, 6.45) is 1.81. The Morgan fingerprint density at radius 1 is 1.52 bits per heavy atom. The molecule has 1 aliphatic heterocycles. The summed E-state index contributed by atoms with van der Waals surface area (Å²) < 4.78 is 41.6. The molecule has 3 rings (SSSR count). The second-order valence-electron chi connectivity index (χ2n) is 5.43. The van der Waals surface area contributed by atoms with E-state index in [4.69, 9.17) is 0 Å². The van der Waals surface area contributed by atoms with Gasteiger partial charge < -0.3 is 5.32 Å². The van der Waals surface area contributed by atoms with Crippen LogP contribution in [-0.2, 0) is 15.0 Å². The normalized spacial score (nSPS) is 23.3. The van der Waals surface area contributed by atoms with Crippen molar-refractivity contribution in [3.05, 3.63) is 45.1 Å². The van der Waals surface area contributed by atoms with Crippen molar-refractivity contribution in [2.24, 2.45) is 0 Å². The van der Waals surface area contributed by atoms with Crippen LogP contribution in [0.2, 0.25) is 0 Å². The highest BCUT2D eigenvalue weighted by atomic mass is 79.9. The van der Waals surface area contributed by atoms with E-state index in [1.54, 1.807) is 11.6 Å². The fourth-order valence-corrected chi connectivity index (χ4v) is 4.89. The molecule has 0 bridgehead atoms. The van der Waals surface area contributed by atoms with E-state index in [-0.39, 0.29) is 10.9 Å². The number of hydrogen-bond donors (Lipinski definition) is 2. The quantitative estimate of drug-likeness (QED) is 0.752. The molecule has 2 heterocycles. The zero-order valence-corrected chi connectivity index (χ0v) is 16.2. The van der Waals surface area contributed by atoms with Crippen molar-refractivity contribution >= 4 is 49.1 Å². The van der Waals surface area contributed by atoms with Crippen LogP contribution in [0.4, 0.5) is 10.1 Å². The molecule has 7 nitrogen and oxygen atoms in total. The number of anilines is 1. The molecule has 1 fully saturated rings. The molecule has 1 saturated heterocycles. The molecule has 1 aromatic heterocycles. The number of amides is 1. The van der Waals surface area contributed by atoms with Crippen molar-refractivity contribution in [3.63, 3.8) is 0 Å². The number of benzene rings is 1. The number of hydrogen-bond acceptors (Lipinski definition) is 5. The number of halogens is 2. The summed E-state index contributed by atoms with van der Waals surface area (Å²) in [5.74, 6) is -0.948. The lowest BCUT2D eigenvalue weighted by Crippen LogP contribution is -2.55. The van der Waals surface area contributed by atoms with Crippen molar-refractivity contribution < 1.29 is 17.6 Å². The largest absolute Gasteiger partial charge is 0.325 e. The summed E-state index contributed by atoms with van der Waals surface area (Å²) in [7, 11) is -2.48. The molecule has 2 aromatic rings. The molecule has 0 aliphatic carbocycles. The first-order chi connectivity index (χ1) is 11.8. The van der Waals surface area contributed by atoms with E-state index in [1.807, 2.05) is 0 Å². The number of rotatable bonds is 3. The number of aromatic nitrogens is 1. The SMILES string of the molecule is CN1C(C(=O)Nc2ccc(F)c(Br)c2)CC(c2nccs2)NS1(=O)=O. The molecule has 0 radical (unpaired) electrons. The van der Waals surface area contributed by atoms with Crippen LogP contribution in [0, 0.1) is 5.82 Å². The van der Waals surface area contributed by atoms with E-state index < -0.39 is 34.0 Å². The van der Waals surface area contributed by atoms with Crippen molar-refractivity contribution in [1.29, 1.82) is 0 Å². The van der Waals surface area contributed by atoms with Gasteiger partial charge in [0.15, 0.2) is 0 Å². The van der Waals surface area contributed by atoms with Gasteiger partial charge in [0.1, 0.15) is 16.9 Å². The highest BCUT2D eigenvalue weighted by molar-refractivity contribution is 9.10. The van der Waals surface area contributed by atoms with Gasteiger partial charge in [-0.05, 0) is 40.5 Å². The molecule has 2 N–H and O–H groups in total. The maximum absolute atomic E-state index is 13.3. The minimum Gasteiger partial charge on any atom is -0.325 e. The van der Waals surface area contributed by atoms with Crippen LogP contribution >= 0.6 is 27.3 Å². The average Bonchev–Trinajstić information content (AvgIpc) is 3.07. The zero-order valence-electron chi connectivity index (χ0n) is 12.9. The van der Waals surface area contributed by atoms with Gasteiger partial charge in [0, 0.05) is 24.3 Å². The number of carbonyl (C=O) groups excluding carboxylic acids is 1. The van der Waals surface area contributed by atoms with Crippen LogP contribution in [-0.4, -0.2) is 36.7 Å². The third-order valence-electron chi connectivity index (χ3n) is 3.81. The standard InChI is InChI=1S/C14H14BrFN4O3S2/c1-20-12(13(21)18-8-2-3-10(16)9(15)6-8)7-11(19-25(20,22)23)14-17-4-5-24-14/h2-6,11-12,19H,7H2,1H3,(H,18,21). The van der Waals surface area contributed by atoms with Crippen molar-refractivity contribution in [2.45, 2.75) is 18.5 Å². The molecule has 2 atom stereocenters. The second kappa shape index (κ2) is 7.08. The number of nitrogens with one attached hydrogen (secondary N) is 2. The third kappa shape index (κ3) is 3.90. The Hall–Kier alpha value is -1.40. The van der Waals surface area contributed by atoms with Crippen LogP contribution in [0.25, 0.3) is 0 Å². The summed E-state index contributed by atoms with van der Waals surface area (Å²) in [6, 6.07) is 2.55. The van der Waals surface area contributed by atoms with E-state index >= 15 is 0 Å². The van der Waals surface area contributed by atoms with Gasteiger partial charge in [-0.2, -0.15) is 17.4 Å². The first-order valence-corrected chi connectivity index (χ1v) is 10.3. The predicted octanol–water partition coefficient (Wildman–Crippen LogP) is 2.26. The summed E-state index contributed by atoms with van der Waals surface area (Å²) in [5, 5.41) is 4.97. The first-order valence-electron chi connectivity index (χ1n) is 7.18. The van der Waals surface area contributed by atoms with Gasteiger partial charge in [0.05, 0.1) is 10.5 Å². The Kier molecular flexibility index (Phi) is 5.21. The van der Waals surface area contributed by atoms with E-state index in [1.165, 1.54) is 36.6 Å². The summed E-state index contributed by atoms with van der Waals surface area (Å²) in [5.41, 5.74) is 0.369. The summed E-state index contributed by atoms with van der Waals surface area (Å²) in [4.78, 5) is 16.7. The van der Waals surface area contributed by atoms with E-state index in [0.29, 0.717) is 10.7 Å². The molecule has 25 heavy (non-hydrogen) atoms. The van der Waals surface area contributed by atoms with E-state index in [0.717, 1.165) is 4.31 Å². The van der Waals surface area contributed by atoms with E-state index in [2.05, 4.69) is 31.0 Å². The van der Waals surface area contributed by atoms with Crippen molar-refractivity contribution in [1.82, 2.24) is 14.0 Å². The fourth-order valence-electron chi connectivity index (χ4n) is 2.48. The van der Waals surface area contributed by atoms with Crippen LogP contribution in [0.15, 0.2) is 34.2 Å². The average molecular weight is 449 g/mol. The molecule has 134 valence electrons. The number of nitrogens with zero attached hydrogens (tertiary/aromatic N) is 2. The lowest BCUT2D eigenvalue weighted by molar-refractivity contribution is -0.120. The third-order valence-corrected chi connectivity index (χ3v) is 6.90. The maximum atomic E-state index is 13.3. The topological polar surface area (TPSA) is 91.4 Å². The Morgan fingerprint density at radius 2 is 2.28 bits per heavy atom. The van der Waals surface area contributed by atoms with Crippen molar-refractivity contribution in [3.8, 4) is 0 Å². The lowest BCUT2D eigenvalue weighted by atomic mass is 10.1. The molecule has 1 amide bonds. The minimum absolute atomic E-state index is 0.206. The highest BCUT2D eigenvalue weighted by Crippen LogP contribution is 2.29. The minimum atomic E-state index is -3.82. The van der Waals surface area contributed by atoms with Crippen LogP contribution < -0.4 is 10.0 Å². The monoisotopic (exact) mass is 448 g/mol. The Morgan fingerprint density at radius 3 is 2.92 bits per heavy atom.